The van der Waals surface area contributed by atoms with Gasteiger partial charge >= 0.3 is 0 Å². The van der Waals surface area contributed by atoms with Crippen molar-refractivity contribution in [3.63, 3.8) is 0 Å². The van der Waals surface area contributed by atoms with Crippen LogP contribution in [0, 0.1) is 24.8 Å². The highest BCUT2D eigenvalue weighted by Gasteiger charge is 2.48. The van der Waals surface area contributed by atoms with Crippen molar-refractivity contribution in [1.29, 1.82) is 0 Å². The zero-order chi connectivity index (χ0) is 49.7. The van der Waals surface area contributed by atoms with E-state index in [-0.39, 0.29) is 35.8 Å². The van der Waals surface area contributed by atoms with Crippen molar-refractivity contribution in [2.24, 2.45) is 0 Å². The Kier molecular flexibility index (Phi) is 14.4. The molecular weight excluding hydrogens is 1100 g/mol. The number of hydrogen-bond acceptors (Lipinski definition) is 12. The molecule has 0 saturated heterocycles. The quantitative estimate of drug-likeness (QED) is 0.124. The first-order chi connectivity index (χ1) is 34.2. The van der Waals surface area contributed by atoms with E-state index in [1.165, 1.54) is 28.7 Å². The van der Waals surface area contributed by atoms with E-state index in [4.69, 9.17) is 78.1 Å². The Bertz CT molecular complexity index is 3420. The molecule has 1 N–H and O–H groups in total. The van der Waals surface area contributed by atoms with Gasteiger partial charge in [0.1, 0.15) is 62.0 Å². The molecule has 4 heterocycles. The van der Waals surface area contributed by atoms with Crippen LogP contribution in [0.5, 0.6) is 0 Å². The van der Waals surface area contributed by atoms with Crippen LogP contribution in [0.15, 0.2) is 73.6 Å². The Morgan fingerprint density at radius 1 is 0.718 bits per heavy atom. The van der Waals surface area contributed by atoms with Crippen LogP contribution in [0.2, 0.25) is 20.1 Å². The number of Topliss-reactive ketones (excluding diaryl/α,β-unsaturated/α-hetero) is 1. The van der Waals surface area contributed by atoms with Crippen LogP contribution < -0.4 is 0 Å². The molecule has 0 spiro atoms. The summed E-state index contributed by atoms with van der Waals surface area (Å²) < 4.78 is 52.7. The molecule has 4 aromatic heterocycles. The molecule has 0 bridgehead atoms. The average molecular weight is 1140 g/mol. The standard InChI is InChI=1S/C25H18Cl2FN3O3S.C17H15Cl2NO3.C8H2BrFN2S/c1-29-13-7-18(28)22-19(8-13)35-24(30-22)25(32)9-14(10-25)33-11-15-21(31-34-23(15)12-5-6-12)20-16(26)3-2-4-17(20)27;18-13-2-1-3-14(19)15(13)16-12(8-22-11-6-10(21)7-11)17(23-20-16)9-4-5-9;1-11-4-2-5(10)7-6(3-4)13-8(9)12-7/h2-4,7-8,12,14,32H,5-6,9-11H2;1-3,9,11H,4-8H2;2-3H. The molecule has 0 amide bonds. The third kappa shape index (κ3) is 10.5. The summed E-state index contributed by atoms with van der Waals surface area (Å²) in [5, 5.41) is 22.1. The molecule has 362 valence electrons. The number of ether oxygens (including phenoxy) is 2. The van der Waals surface area contributed by atoms with E-state index < -0.39 is 17.2 Å². The summed E-state index contributed by atoms with van der Waals surface area (Å²) in [6.07, 6.45) is 5.69. The highest BCUT2D eigenvalue weighted by Crippen LogP contribution is 2.50. The Hall–Kier alpha value is -4.89. The van der Waals surface area contributed by atoms with Gasteiger partial charge in [-0.2, -0.15) is 0 Å². The number of rotatable bonds is 11. The van der Waals surface area contributed by atoms with E-state index in [1.54, 1.807) is 48.5 Å². The lowest BCUT2D eigenvalue weighted by atomic mass is 9.78. The molecular formula is C50H35BrCl4F2N6O6S2. The largest absolute Gasteiger partial charge is 0.382 e. The number of halogens is 7. The maximum Gasteiger partial charge on any atom is 0.191 e. The van der Waals surface area contributed by atoms with Crippen LogP contribution in [0.3, 0.4) is 0 Å². The van der Waals surface area contributed by atoms with Gasteiger partial charge in [-0.15, -0.1) is 22.7 Å². The minimum absolute atomic E-state index is 0.000907. The van der Waals surface area contributed by atoms with Crippen LogP contribution in [0.25, 0.3) is 52.6 Å². The number of aliphatic hydroxyl groups is 1. The van der Waals surface area contributed by atoms with Gasteiger partial charge in [0.15, 0.2) is 15.3 Å². The lowest BCUT2D eigenvalue weighted by Gasteiger charge is -2.41. The third-order valence-electron chi connectivity index (χ3n) is 12.4. The fourth-order valence-electron chi connectivity index (χ4n) is 8.30. The molecule has 4 saturated carbocycles. The van der Waals surface area contributed by atoms with Crippen LogP contribution in [-0.4, -0.2) is 43.4 Å². The Balaban J connectivity index is 0.000000138. The van der Waals surface area contributed by atoms with Gasteiger partial charge in [-0.1, -0.05) is 68.8 Å². The van der Waals surface area contributed by atoms with Crippen molar-refractivity contribution in [2.75, 3.05) is 0 Å². The molecule has 12 rings (SSSR count). The van der Waals surface area contributed by atoms with E-state index in [0.29, 0.717) is 116 Å². The van der Waals surface area contributed by atoms with Gasteiger partial charge in [0.25, 0.3) is 0 Å². The topological polar surface area (TPSA) is 142 Å². The van der Waals surface area contributed by atoms with Crippen LogP contribution >= 0.6 is 85.0 Å². The minimum atomic E-state index is -1.19. The highest BCUT2D eigenvalue weighted by molar-refractivity contribution is 9.11. The highest BCUT2D eigenvalue weighted by atomic mass is 79.9. The molecule has 21 heteroatoms. The predicted octanol–water partition coefficient (Wildman–Crippen LogP) is 15.9. The molecule has 8 aromatic rings. The number of thiazole rings is 2. The van der Waals surface area contributed by atoms with Crippen molar-refractivity contribution in [2.45, 2.75) is 94.2 Å². The fourth-order valence-corrected chi connectivity index (χ4v) is 12.0. The number of nitrogens with zero attached hydrogens (tertiary/aromatic N) is 6. The Morgan fingerprint density at radius 2 is 1.17 bits per heavy atom. The smallest absolute Gasteiger partial charge is 0.191 e. The molecule has 4 aliphatic rings. The first kappa shape index (κ1) is 49.7. The van der Waals surface area contributed by atoms with Crippen molar-refractivity contribution < 1.29 is 37.2 Å². The zero-order valence-corrected chi connectivity index (χ0v) is 43.0. The molecule has 0 atom stereocenters. The minimum Gasteiger partial charge on any atom is -0.382 e. The summed E-state index contributed by atoms with van der Waals surface area (Å²) in [5.74, 6) is 1.62. The van der Waals surface area contributed by atoms with Crippen molar-refractivity contribution in [3.05, 3.63) is 147 Å². The summed E-state index contributed by atoms with van der Waals surface area (Å²) in [5.41, 5.74) is 4.07. The first-order valence-electron chi connectivity index (χ1n) is 22.1. The molecule has 4 aromatic carbocycles. The van der Waals surface area contributed by atoms with Gasteiger partial charge in [0, 0.05) is 69.2 Å². The number of benzene rings is 4. The van der Waals surface area contributed by atoms with Crippen LogP contribution in [0.1, 0.15) is 90.9 Å². The van der Waals surface area contributed by atoms with Crippen molar-refractivity contribution in [1.82, 2.24) is 20.3 Å². The summed E-state index contributed by atoms with van der Waals surface area (Å²) in [4.78, 5) is 25.8. The van der Waals surface area contributed by atoms with Gasteiger partial charge in [-0.05, 0) is 90.1 Å². The van der Waals surface area contributed by atoms with E-state index >= 15 is 0 Å². The van der Waals surface area contributed by atoms with Gasteiger partial charge in [0.05, 0.1) is 58.7 Å². The first-order valence-corrected chi connectivity index (χ1v) is 26.1. The third-order valence-corrected chi connectivity index (χ3v) is 16.3. The second kappa shape index (κ2) is 20.6. The molecule has 12 nitrogen and oxygen atoms in total. The van der Waals surface area contributed by atoms with E-state index in [9.17, 15) is 18.7 Å². The second-order valence-corrected chi connectivity index (χ2v) is 22.5. The molecule has 71 heavy (non-hydrogen) atoms. The zero-order valence-electron chi connectivity index (χ0n) is 36.8. The van der Waals surface area contributed by atoms with E-state index in [0.717, 1.165) is 54.4 Å². The second-order valence-electron chi connectivity index (χ2n) is 17.5. The summed E-state index contributed by atoms with van der Waals surface area (Å²) in [7, 11) is 0. The fraction of sp³-hybridized carbons (Fsp3) is 0.300. The number of aromatic nitrogens is 4. The number of carbonyl (C=O) groups is 1. The summed E-state index contributed by atoms with van der Waals surface area (Å²) in [6.45, 7) is 14.5. The summed E-state index contributed by atoms with van der Waals surface area (Å²) >= 11 is 31.2. The number of fused-ring (bicyclic) bond motifs is 2. The summed E-state index contributed by atoms with van der Waals surface area (Å²) in [6, 6.07) is 16.2. The van der Waals surface area contributed by atoms with Gasteiger partial charge in [-0.25, -0.2) is 28.4 Å². The van der Waals surface area contributed by atoms with Gasteiger partial charge in [-0.3, -0.25) is 4.79 Å². The van der Waals surface area contributed by atoms with E-state index in [2.05, 4.69) is 45.9 Å². The Morgan fingerprint density at radius 3 is 1.62 bits per heavy atom. The van der Waals surface area contributed by atoms with Gasteiger partial charge < -0.3 is 23.6 Å². The van der Waals surface area contributed by atoms with Crippen molar-refractivity contribution >= 4 is 123 Å². The molecule has 4 fully saturated rings. The van der Waals surface area contributed by atoms with Gasteiger partial charge in [0.2, 0.25) is 0 Å². The SMILES string of the molecule is O=C1CC(OCc2c(-c3c(Cl)cccc3Cl)noc2C2CC2)C1.[C-]#[N+]c1cc(F)c2nc(Br)sc2c1.[C-]#[N+]c1cc(F)c2nc(C3(O)CC(OCc4c(-c5c(Cl)cccc5Cl)noc4C4CC4)C3)sc2c1. The van der Waals surface area contributed by atoms with Crippen LogP contribution in [0.4, 0.5) is 20.2 Å². The van der Waals surface area contributed by atoms with E-state index in [1.807, 2.05) is 0 Å². The molecule has 4 aliphatic carbocycles. The number of ketones is 1. The molecule has 0 radical (unpaired) electrons. The molecule has 0 unspecified atom stereocenters. The lowest BCUT2D eigenvalue weighted by Crippen LogP contribution is -2.45. The lowest BCUT2D eigenvalue weighted by molar-refractivity contribution is -0.149. The molecule has 0 aliphatic heterocycles. The number of hydrogen-bond donors (Lipinski definition) is 1. The predicted molar refractivity (Wildman–Crippen MR) is 272 cm³/mol. The maximum atomic E-state index is 14.3. The average Bonchev–Trinajstić information content (AvgIpc) is 4.18. The monoisotopic (exact) mass is 1140 g/mol. The van der Waals surface area contributed by atoms with Crippen molar-refractivity contribution in [3.8, 4) is 22.5 Å². The maximum absolute atomic E-state index is 14.3. The number of carbonyl (C=O) groups excluding carboxylic acids is 1. The van der Waals surface area contributed by atoms with Crippen LogP contribution in [-0.2, 0) is 33.1 Å². The normalized spacial score (nSPS) is 18.5. The Labute approximate surface area is 440 Å².